The van der Waals surface area contributed by atoms with Gasteiger partial charge in [0.05, 0.1) is 10.9 Å². The predicted molar refractivity (Wildman–Crippen MR) is 83.7 cm³/mol. The minimum Gasteiger partial charge on any atom is -0.347 e. The van der Waals surface area contributed by atoms with Gasteiger partial charge in [-0.2, -0.15) is 0 Å². The molecular weight excluding hydrogens is 302 g/mol. The number of nitrogens with two attached hydrogens (primary N) is 1. The van der Waals surface area contributed by atoms with E-state index in [1.807, 2.05) is 26.2 Å². The Bertz CT molecular complexity index is 779. The molecule has 2 aromatic rings. The summed E-state index contributed by atoms with van der Waals surface area (Å²) in [7, 11) is -0.179. The fraction of sp³-hybridized carbons (Fsp3) is 0.267. The number of amides is 1. The highest BCUT2D eigenvalue weighted by Gasteiger charge is 2.21. The van der Waals surface area contributed by atoms with E-state index in [2.05, 4.69) is 0 Å². The fourth-order valence-electron chi connectivity index (χ4n) is 2.20. The van der Waals surface area contributed by atoms with Gasteiger partial charge in [0.15, 0.2) is 0 Å². The van der Waals surface area contributed by atoms with Crippen molar-refractivity contribution in [3.63, 3.8) is 0 Å². The van der Waals surface area contributed by atoms with E-state index in [1.54, 1.807) is 34.7 Å². The molecule has 0 saturated heterocycles. The maximum absolute atomic E-state index is 12.5. The van der Waals surface area contributed by atoms with Gasteiger partial charge in [-0.05, 0) is 36.8 Å². The number of primary sulfonamides is 1. The van der Waals surface area contributed by atoms with Gasteiger partial charge >= 0.3 is 0 Å². The zero-order chi connectivity index (χ0) is 16.5. The number of hydrogen-bond donors (Lipinski definition) is 1. The third-order valence-corrected chi connectivity index (χ3v) is 4.68. The molecule has 2 N–H and O–H groups in total. The molecule has 1 atom stereocenters. The fourth-order valence-corrected chi connectivity index (χ4v) is 2.71. The van der Waals surface area contributed by atoms with Crippen LogP contribution in [-0.2, 0) is 17.1 Å². The van der Waals surface area contributed by atoms with E-state index in [4.69, 9.17) is 5.14 Å². The minimum absolute atomic E-state index is 0.0554. The Morgan fingerprint density at radius 3 is 2.27 bits per heavy atom. The van der Waals surface area contributed by atoms with Crippen LogP contribution in [-0.4, -0.2) is 30.8 Å². The van der Waals surface area contributed by atoms with E-state index in [1.165, 1.54) is 12.1 Å². The number of aryl methyl sites for hydroxylation is 1. The van der Waals surface area contributed by atoms with Gasteiger partial charge in [-0.1, -0.05) is 12.1 Å². The van der Waals surface area contributed by atoms with Crippen molar-refractivity contribution in [3.8, 4) is 0 Å². The van der Waals surface area contributed by atoms with Gasteiger partial charge in [0.2, 0.25) is 10.0 Å². The lowest BCUT2D eigenvalue weighted by atomic mass is 10.1. The number of nitrogens with zero attached hydrogens (tertiary/aromatic N) is 2. The average Bonchev–Trinajstić information content (AvgIpc) is 2.90. The topological polar surface area (TPSA) is 85.4 Å². The quantitative estimate of drug-likeness (QED) is 0.926. The number of hydrogen-bond acceptors (Lipinski definition) is 3. The van der Waals surface area contributed by atoms with Crippen molar-refractivity contribution in [1.82, 2.24) is 9.47 Å². The van der Waals surface area contributed by atoms with Gasteiger partial charge in [0.25, 0.3) is 5.91 Å². The van der Waals surface area contributed by atoms with Crippen LogP contribution in [0.1, 0.15) is 29.0 Å². The molecule has 0 aliphatic rings. The van der Waals surface area contributed by atoms with Crippen molar-refractivity contribution in [1.29, 1.82) is 0 Å². The maximum atomic E-state index is 12.5. The van der Waals surface area contributed by atoms with E-state index in [0.717, 1.165) is 5.56 Å². The van der Waals surface area contributed by atoms with Gasteiger partial charge in [-0.15, -0.1) is 0 Å². The number of aromatic nitrogens is 1. The first-order chi connectivity index (χ1) is 10.2. The van der Waals surface area contributed by atoms with E-state index < -0.39 is 10.0 Å². The SMILES string of the molecule is CC(c1ccc(S(N)(=O)=O)cc1)N(C)C(=O)c1cccn1C. The van der Waals surface area contributed by atoms with Gasteiger partial charge in [0, 0.05) is 20.3 Å². The first kappa shape index (κ1) is 16.3. The molecule has 0 aliphatic carbocycles. The lowest BCUT2D eigenvalue weighted by Gasteiger charge is -2.25. The highest BCUT2D eigenvalue weighted by Crippen LogP contribution is 2.22. The number of rotatable bonds is 4. The van der Waals surface area contributed by atoms with Crippen molar-refractivity contribution in [2.45, 2.75) is 17.9 Å². The smallest absolute Gasteiger partial charge is 0.270 e. The van der Waals surface area contributed by atoms with Crippen molar-refractivity contribution >= 4 is 15.9 Å². The number of carbonyl (C=O) groups is 1. The molecule has 0 bridgehead atoms. The Morgan fingerprint density at radius 1 is 1.23 bits per heavy atom. The molecule has 2 rings (SSSR count). The molecule has 7 heteroatoms. The van der Waals surface area contributed by atoms with Crippen LogP contribution in [0, 0.1) is 0 Å². The molecule has 0 aliphatic heterocycles. The normalized spacial score (nSPS) is 12.9. The van der Waals surface area contributed by atoms with E-state index in [9.17, 15) is 13.2 Å². The van der Waals surface area contributed by atoms with Crippen LogP contribution < -0.4 is 5.14 Å². The second kappa shape index (κ2) is 5.94. The lowest BCUT2D eigenvalue weighted by molar-refractivity contribution is 0.0733. The van der Waals surface area contributed by atoms with E-state index >= 15 is 0 Å². The van der Waals surface area contributed by atoms with Crippen LogP contribution in [0.4, 0.5) is 0 Å². The summed E-state index contributed by atoms with van der Waals surface area (Å²) in [6.07, 6.45) is 1.81. The van der Waals surface area contributed by atoms with Crippen LogP contribution in [0.25, 0.3) is 0 Å². The largest absolute Gasteiger partial charge is 0.347 e. The van der Waals surface area contributed by atoms with Crippen LogP contribution in [0.3, 0.4) is 0 Å². The van der Waals surface area contributed by atoms with Crippen molar-refractivity contribution in [3.05, 3.63) is 53.9 Å². The third kappa shape index (κ3) is 3.20. The summed E-state index contributed by atoms with van der Waals surface area (Å²) in [6.45, 7) is 1.88. The monoisotopic (exact) mass is 321 g/mol. The summed E-state index contributed by atoms with van der Waals surface area (Å²) in [6, 6.07) is 9.60. The van der Waals surface area contributed by atoms with Crippen molar-refractivity contribution in [2.75, 3.05) is 7.05 Å². The summed E-state index contributed by atoms with van der Waals surface area (Å²) in [4.78, 5) is 14.1. The Balaban J connectivity index is 2.22. The Kier molecular flexibility index (Phi) is 4.39. The van der Waals surface area contributed by atoms with Crippen LogP contribution in [0.5, 0.6) is 0 Å². The minimum atomic E-state index is -3.71. The van der Waals surface area contributed by atoms with Gasteiger partial charge < -0.3 is 9.47 Å². The molecule has 0 spiro atoms. The zero-order valence-electron chi connectivity index (χ0n) is 12.7. The molecule has 1 amide bonds. The number of sulfonamides is 1. The van der Waals surface area contributed by atoms with Crippen molar-refractivity contribution < 1.29 is 13.2 Å². The average molecular weight is 321 g/mol. The Morgan fingerprint density at radius 2 is 1.82 bits per heavy atom. The molecule has 0 saturated carbocycles. The Labute approximate surface area is 130 Å². The van der Waals surface area contributed by atoms with E-state index in [-0.39, 0.29) is 16.8 Å². The summed E-state index contributed by atoms with van der Waals surface area (Å²) in [5.74, 6) is -0.101. The molecule has 22 heavy (non-hydrogen) atoms. The molecule has 6 nitrogen and oxygen atoms in total. The van der Waals surface area contributed by atoms with Gasteiger partial charge in [-0.25, -0.2) is 13.6 Å². The summed E-state index contributed by atoms with van der Waals surface area (Å²) in [5, 5.41) is 5.08. The number of benzene rings is 1. The Hall–Kier alpha value is -2.12. The molecule has 1 unspecified atom stereocenters. The summed E-state index contributed by atoms with van der Waals surface area (Å²) >= 11 is 0. The third-order valence-electron chi connectivity index (χ3n) is 3.76. The standard InChI is InChI=1S/C15H19N3O3S/c1-11(12-6-8-13(9-7-12)22(16,20)21)18(3)15(19)14-5-4-10-17(14)2/h4-11H,1-3H3,(H2,16,20,21). The highest BCUT2D eigenvalue weighted by molar-refractivity contribution is 7.89. The zero-order valence-corrected chi connectivity index (χ0v) is 13.5. The van der Waals surface area contributed by atoms with Gasteiger partial charge in [-0.3, -0.25) is 4.79 Å². The first-order valence-corrected chi connectivity index (χ1v) is 8.27. The second-order valence-corrected chi connectivity index (χ2v) is 6.77. The van der Waals surface area contributed by atoms with Gasteiger partial charge in [0.1, 0.15) is 5.69 Å². The second-order valence-electron chi connectivity index (χ2n) is 5.21. The molecule has 1 aromatic carbocycles. The summed E-state index contributed by atoms with van der Waals surface area (Å²) < 4.78 is 24.3. The lowest BCUT2D eigenvalue weighted by Crippen LogP contribution is -2.31. The maximum Gasteiger partial charge on any atom is 0.270 e. The molecule has 0 radical (unpaired) electrons. The molecule has 118 valence electrons. The highest BCUT2D eigenvalue weighted by atomic mass is 32.2. The molecule has 1 heterocycles. The molecule has 1 aromatic heterocycles. The summed E-state index contributed by atoms with van der Waals surface area (Å²) in [5.41, 5.74) is 1.42. The van der Waals surface area contributed by atoms with Crippen LogP contribution in [0.2, 0.25) is 0 Å². The van der Waals surface area contributed by atoms with Crippen molar-refractivity contribution in [2.24, 2.45) is 12.2 Å². The van der Waals surface area contributed by atoms with Crippen LogP contribution >= 0.6 is 0 Å². The molecular formula is C15H19N3O3S. The first-order valence-electron chi connectivity index (χ1n) is 6.73. The van der Waals surface area contributed by atoms with E-state index in [0.29, 0.717) is 5.69 Å². The number of carbonyl (C=O) groups excluding carboxylic acids is 1. The predicted octanol–water partition coefficient (Wildman–Crippen LogP) is 1.51. The molecule has 0 fully saturated rings. The van der Waals surface area contributed by atoms with Crippen LogP contribution in [0.15, 0.2) is 47.5 Å².